The van der Waals surface area contributed by atoms with Crippen LogP contribution in [0.5, 0.6) is 17.2 Å². The average Bonchev–Trinajstić information content (AvgIpc) is 3.21. The number of methoxy groups -OCH3 is 2. The first-order valence-corrected chi connectivity index (χ1v) is 10.4. The zero-order valence-corrected chi connectivity index (χ0v) is 18.2. The van der Waals surface area contributed by atoms with Crippen LogP contribution in [0.1, 0.15) is 12.5 Å². The summed E-state index contributed by atoms with van der Waals surface area (Å²) in [7, 11) is 3.08. The number of hydrogen-bond donors (Lipinski definition) is 2. The lowest BCUT2D eigenvalue weighted by Gasteiger charge is -2.07. The van der Waals surface area contributed by atoms with Crippen LogP contribution >= 0.6 is 11.8 Å². The number of aromatic nitrogens is 3. The highest BCUT2D eigenvalue weighted by Crippen LogP contribution is 2.26. The number of carbonyl (C=O) groups is 1. The summed E-state index contributed by atoms with van der Waals surface area (Å²) >= 11 is 1.28. The molecule has 3 rings (SSSR count). The quantitative estimate of drug-likeness (QED) is 0.298. The van der Waals surface area contributed by atoms with Gasteiger partial charge in [-0.2, -0.15) is 5.10 Å². The lowest BCUT2D eigenvalue weighted by molar-refractivity contribution is -0.118. The summed E-state index contributed by atoms with van der Waals surface area (Å²) in [5, 5.41) is 22.7. The molecular weight excluding hydrogens is 418 g/mol. The summed E-state index contributed by atoms with van der Waals surface area (Å²) in [5.41, 5.74) is 4.07. The monoisotopic (exact) mass is 441 g/mol. The molecule has 0 radical (unpaired) electrons. The van der Waals surface area contributed by atoms with E-state index in [1.807, 2.05) is 35.8 Å². The van der Waals surface area contributed by atoms with E-state index in [9.17, 15) is 9.90 Å². The number of phenols is 1. The van der Waals surface area contributed by atoms with Crippen molar-refractivity contribution in [3.05, 3.63) is 48.0 Å². The Balaban J connectivity index is 1.59. The molecule has 0 aliphatic carbocycles. The fourth-order valence-corrected chi connectivity index (χ4v) is 3.54. The molecule has 10 heteroatoms. The first kappa shape index (κ1) is 22.2. The van der Waals surface area contributed by atoms with Crippen molar-refractivity contribution in [2.45, 2.75) is 18.6 Å². The smallest absolute Gasteiger partial charge is 0.250 e. The van der Waals surface area contributed by atoms with Crippen LogP contribution in [0.2, 0.25) is 0 Å². The van der Waals surface area contributed by atoms with Crippen molar-refractivity contribution in [3.8, 4) is 28.6 Å². The Morgan fingerprint density at radius 1 is 1.19 bits per heavy atom. The van der Waals surface area contributed by atoms with Crippen LogP contribution in [-0.4, -0.2) is 52.0 Å². The third kappa shape index (κ3) is 5.54. The molecule has 3 aromatic rings. The third-order valence-electron chi connectivity index (χ3n) is 4.32. The molecule has 1 aromatic heterocycles. The van der Waals surface area contributed by atoms with Crippen LogP contribution in [0.15, 0.2) is 52.7 Å². The SMILES string of the molecule is CCn1c(SCC(=O)NN=Cc2ccc(O)c(OC)c2)nnc1-c1ccc(OC)cc1. The number of thioether (sulfide) groups is 1. The summed E-state index contributed by atoms with van der Waals surface area (Å²) in [6.45, 7) is 2.66. The maximum Gasteiger partial charge on any atom is 0.250 e. The van der Waals surface area contributed by atoms with Gasteiger partial charge in [0.25, 0.3) is 5.91 Å². The van der Waals surface area contributed by atoms with E-state index in [2.05, 4.69) is 20.7 Å². The highest BCUT2D eigenvalue weighted by atomic mass is 32.2. The second-order valence-electron chi connectivity index (χ2n) is 6.29. The molecule has 9 nitrogen and oxygen atoms in total. The molecule has 0 saturated heterocycles. The van der Waals surface area contributed by atoms with E-state index in [-0.39, 0.29) is 17.4 Å². The van der Waals surface area contributed by atoms with Crippen molar-refractivity contribution >= 4 is 23.9 Å². The number of amides is 1. The lowest BCUT2D eigenvalue weighted by atomic mass is 10.2. The molecule has 0 fully saturated rings. The third-order valence-corrected chi connectivity index (χ3v) is 5.29. The van der Waals surface area contributed by atoms with E-state index in [0.717, 1.165) is 17.1 Å². The molecule has 31 heavy (non-hydrogen) atoms. The molecule has 0 atom stereocenters. The van der Waals surface area contributed by atoms with Crippen molar-refractivity contribution in [3.63, 3.8) is 0 Å². The van der Waals surface area contributed by atoms with Gasteiger partial charge in [-0.3, -0.25) is 4.79 Å². The topological polar surface area (TPSA) is 111 Å². The van der Waals surface area contributed by atoms with Gasteiger partial charge in [0, 0.05) is 12.1 Å². The first-order chi connectivity index (χ1) is 15.0. The fraction of sp³-hybridized carbons (Fsp3) is 0.238. The minimum absolute atomic E-state index is 0.0362. The minimum Gasteiger partial charge on any atom is -0.504 e. The van der Waals surface area contributed by atoms with Gasteiger partial charge in [0.05, 0.1) is 26.2 Å². The van der Waals surface area contributed by atoms with Gasteiger partial charge in [-0.1, -0.05) is 11.8 Å². The zero-order valence-electron chi connectivity index (χ0n) is 17.4. The number of aromatic hydroxyl groups is 1. The molecular formula is C21H23N5O4S. The number of carbonyl (C=O) groups excluding carboxylic acids is 1. The zero-order chi connectivity index (χ0) is 22.2. The van der Waals surface area contributed by atoms with E-state index in [1.165, 1.54) is 31.2 Å². The predicted octanol–water partition coefficient (Wildman–Crippen LogP) is 2.93. The number of hydrogen-bond acceptors (Lipinski definition) is 8. The highest BCUT2D eigenvalue weighted by Gasteiger charge is 2.14. The first-order valence-electron chi connectivity index (χ1n) is 9.45. The van der Waals surface area contributed by atoms with Gasteiger partial charge in [-0.25, -0.2) is 5.43 Å². The van der Waals surface area contributed by atoms with Crippen molar-refractivity contribution in [1.82, 2.24) is 20.2 Å². The maximum atomic E-state index is 12.1. The fourth-order valence-electron chi connectivity index (χ4n) is 2.75. The Kier molecular flexibility index (Phi) is 7.50. The van der Waals surface area contributed by atoms with Gasteiger partial charge in [0.1, 0.15) is 5.75 Å². The lowest BCUT2D eigenvalue weighted by Crippen LogP contribution is -2.20. The van der Waals surface area contributed by atoms with Gasteiger partial charge in [-0.15, -0.1) is 10.2 Å². The van der Waals surface area contributed by atoms with Crippen molar-refractivity contribution in [1.29, 1.82) is 0 Å². The molecule has 0 aliphatic rings. The van der Waals surface area contributed by atoms with E-state index in [4.69, 9.17) is 9.47 Å². The molecule has 0 spiro atoms. The molecule has 1 heterocycles. The molecule has 0 unspecified atom stereocenters. The van der Waals surface area contributed by atoms with Crippen LogP contribution in [0, 0.1) is 0 Å². The highest BCUT2D eigenvalue weighted by molar-refractivity contribution is 7.99. The standard InChI is InChI=1S/C21H23N5O4S/c1-4-26-20(15-6-8-16(29-2)9-7-15)24-25-21(26)31-13-19(28)23-22-12-14-5-10-17(27)18(11-14)30-3/h5-12,27H,4,13H2,1-3H3,(H,23,28). The van der Waals surface area contributed by atoms with E-state index < -0.39 is 0 Å². The molecule has 0 saturated carbocycles. The summed E-state index contributed by atoms with van der Waals surface area (Å²) in [5.74, 6) is 1.73. The number of nitrogens with one attached hydrogen (secondary N) is 1. The van der Waals surface area contributed by atoms with Gasteiger partial charge in [0.2, 0.25) is 0 Å². The predicted molar refractivity (Wildman–Crippen MR) is 119 cm³/mol. The van der Waals surface area contributed by atoms with Crippen LogP contribution < -0.4 is 14.9 Å². The van der Waals surface area contributed by atoms with Crippen molar-refractivity contribution in [2.75, 3.05) is 20.0 Å². The average molecular weight is 442 g/mol. The normalized spacial score (nSPS) is 10.9. The van der Waals surface area contributed by atoms with Crippen LogP contribution in [0.25, 0.3) is 11.4 Å². The largest absolute Gasteiger partial charge is 0.504 e. The molecule has 2 N–H and O–H groups in total. The number of hydrazone groups is 1. The van der Waals surface area contributed by atoms with Crippen molar-refractivity contribution in [2.24, 2.45) is 5.10 Å². The second-order valence-corrected chi connectivity index (χ2v) is 7.23. The summed E-state index contributed by atoms with van der Waals surface area (Å²) < 4.78 is 12.2. The maximum absolute atomic E-state index is 12.1. The van der Waals surface area contributed by atoms with Crippen LogP contribution in [0.4, 0.5) is 0 Å². The Morgan fingerprint density at radius 2 is 1.97 bits per heavy atom. The minimum atomic E-state index is -0.274. The Bertz CT molecular complexity index is 1070. The van der Waals surface area contributed by atoms with Crippen LogP contribution in [0.3, 0.4) is 0 Å². The second kappa shape index (κ2) is 10.5. The van der Waals surface area contributed by atoms with E-state index >= 15 is 0 Å². The molecule has 0 aliphatic heterocycles. The van der Waals surface area contributed by atoms with Gasteiger partial charge in [0.15, 0.2) is 22.5 Å². The van der Waals surface area contributed by atoms with Gasteiger partial charge in [-0.05, 0) is 55.0 Å². The number of phenolic OH excluding ortho intramolecular Hbond substituents is 1. The van der Waals surface area contributed by atoms with Crippen molar-refractivity contribution < 1.29 is 19.4 Å². The van der Waals surface area contributed by atoms with E-state index in [1.54, 1.807) is 19.2 Å². The molecule has 162 valence electrons. The molecule has 2 aromatic carbocycles. The number of rotatable bonds is 9. The van der Waals surface area contributed by atoms with Gasteiger partial charge < -0.3 is 19.1 Å². The number of benzene rings is 2. The Labute approximate surface area is 184 Å². The van der Waals surface area contributed by atoms with Gasteiger partial charge >= 0.3 is 0 Å². The molecule has 0 bridgehead atoms. The Morgan fingerprint density at radius 3 is 2.65 bits per heavy atom. The van der Waals surface area contributed by atoms with E-state index in [0.29, 0.717) is 23.0 Å². The number of ether oxygens (including phenoxy) is 2. The Hall–Kier alpha value is -3.53. The number of nitrogens with zero attached hydrogens (tertiary/aromatic N) is 4. The summed E-state index contributed by atoms with van der Waals surface area (Å²) in [6.07, 6.45) is 1.47. The summed E-state index contributed by atoms with van der Waals surface area (Å²) in [4.78, 5) is 12.1. The summed E-state index contributed by atoms with van der Waals surface area (Å²) in [6, 6.07) is 12.3. The van der Waals surface area contributed by atoms with Crippen LogP contribution in [-0.2, 0) is 11.3 Å². The molecule has 1 amide bonds.